The number of hydrogen-bond acceptors (Lipinski definition) is 3. The highest BCUT2D eigenvalue weighted by Gasteiger charge is 2.67. The minimum absolute atomic E-state index is 0.119. The molecule has 2 fully saturated rings. The fourth-order valence-corrected chi connectivity index (χ4v) is 6.25. The minimum atomic E-state index is -1.15. The van der Waals surface area contributed by atoms with Crippen LogP contribution in [0.25, 0.3) is 0 Å². The summed E-state index contributed by atoms with van der Waals surface area (Å²) in [5.41, 5.74) is 1.79. The van der Waals surface area contributed by atoms with Crippen LogP contribution in [0.5, 0.6) is 0 Å². The van der Waals surface area contributed by atoms with Gasteiger partial charge >= 0.3 is 0 Å². The predicted molar refractivity (Wildman–Crippen MR) is 128 cm³/mol. The molecule has 1 saturated carbocycles. The first kappa shape index (κ1) is 22.8. The van der Waals surface area contributed by atoms with Crippen molar-refractivity contribution in [2.24, 2.45) is 29.1 Å². The molecule has 4 rings (SSSR count). The Bertz CT molecular complexity index is 962. The Labute approximate surface area is 191 Å². The van der Waals surface area contributed by atoms with Gasteiger partial charge < -0.3 is 15.5 Å². The lowest BCUT2D eigenvalue weighted by Gasteiger charge is -2.51. The molecule has 32 heavy (non-hydrogen) atoms. The molecular weight excluding hydrogens is 398 g/mol. The van der Waals surface area contributed by atoms with Crippen molar-refractivity contribution in [3.05, 3.63) is 84.0 Å². The molecule has 0 radical (unpaired) electrons. The van der Waals surface area contributed by atoms with E-state index in [-0.39, 0.29) is 23.8 Å². The Hall–Kier alpha value is -2.43. The van der Waals surface area contributed by atoms with Gasteiger partial charge in [0.1, 0.15) is 0 Å². The SMILES string of the molecule is C=C1[C@@H](C)[C@H]2[C@H](Cc3ccccc3)NC(=O)[C@]23[C@H](O)/C=C\C(C)=C/[C@@H](C)C/C=C\[C@H]3[C@@H]1O. The fraction of sp³-hybridized carbons (Fsp3) is 0.464. The first-order valence-electron chi connectivity index (χ1n) is 11.7. The molecule has 1 spiro atoms. The van der Waals surface area contributed by atoms with Crippen LogP contribution >= 0.6 is 0 Å². The molecule has 3 aliphatic rings. The average molecular weight is 434 g/mol. The third kappa shape index (κ3) is 3.70. The maximum absolute atomic E-state index is 13.8. The van der Waals surface area contributed by atoms with Crippen LogP contribution in [0.15, 0.2) is 78.4 Å². The molecule has 2 aliphatic carbocycles. The van der Waals surface area contributed by atoms with Crippen molar-refractivity contribution in [1.82, 2.24) is 5.32 Å². The van der Waals surface area contributed by atoms with E-state index < -0.39 is 23.5 Å². The molecule has 170 valence electrons. The molecule has 1 heterocycles. The number of nitrogens with one attached hydrogen (secondary N) is 1. The number of aliphatic hydroxyl groups excluding tert-OH is 2. The topological polar surface area (TPSA) is 69.6 Å². The second-order valence-corrected chi connectivity index (χ2v) is 9.92. The van der Waals surface area contributed by atoms with Crippen LogP contribution in [0.2, 0.25) is 0 Å². The highest BCUT2D eigenvalue weighted by atomic mass is 16.3. The van der Waals surface area contributed by atoms with Crippen molar-refractivity contribution in [3.63, 3.8) is 0 Å². The van der Waals surface area contributed by atoms with E-state index >= 15 is 0 Å². The van der Waals surface area contributed by atoms with Gasteiger partial charge in [-0.15, -0.1) is 0 Å². The molecule has 4 heteroatoms. The summed E-state index contributed by atoms with van der Waals surface area (Å²) in [6.45, 7) is 10.4. The number of benzene rings is 1. The van der Waals surface area contributed by atoms with Gasteiger partial charge in [0.2, 0.25) is 5.91 Å². The first-order valence-corrected chi connectivity index (χ1v) is 11.7. The van der Waals surface area contributed by atoms with Crippen molar-refractivity contribution in [1.29, 1.82) is 0 Å². The van der Waals surface area contributed by atoms with E-state index in [0.29, 0.717) is 12.3 Å². The Balaban J connectivity index is 1.85. The minimum Gasteiger partial charge on any atom is -0.388 e. The number of allylic oxidation sites excluding steroid dienone is 4. The Kier molecular flexibility index (Phi) is 6.28. The zero-order chi connectivity index (χ0) is 23.0. The highest BCUT2D eigenvalue weighted by molar-refractivity contribution is 5.88. The zero-order valence-electron chi connectivity index (χ0n) is 19.2. The zero-order valence-corrected chi connectivity index (χ0v) is 19.2. The van der Waals surface area contributed by atoms with Crippen LogP contribution in [0, 0.1) is 29.1 Å². The molecule has 1 saturated heterocycles. The van der Waals surface area contributed by atoms with Gasteiger partial charge in [0.05, 0.1) is 17.6 Å². The van der Waals surface area contributed by atoms with Crippen LogP contribution in [-0.2, 0) is 11.2 Å². The van der Waals surface area contributed by atoms with Gasteiger partial charge in [0.25, 0.3) is 0 Å². The predicted octanol–water partition coefficient (Wildman–Crippen LogP) is 3.97. The van der Waals surface area contributed by atoms with Crippen LogP contribution in [-0.4, -0.2) is 34.4 Å². The van der Waals surface area contributed by atoms with Crippen molar-refractivity contribution in [2.75, 3.05) is 0 Å². The summed E-state index contributed by atoms with van der Waals surface area (Å²) in [6.07, 6.45) is 9.42. The van der Waals surface area contributed by atoms with E-state index in [1.165, 1.54) is 0 Å². The van der Waals surface area contributed by atoms with Gasteiger partial charge in [-0.1, -0.05) is 86.7 Å². The lowest BCUT2D eigenvalue weighted by atomic mass is 9.51. The van der Waals surface area contributed by atoms with Crippen LogP contribution < -0.4 is 5.32 Å². The monoisotopic (exact) mass is 433 g/mol. The van der Waals surface area contributed by atoms with E-state index in [2.05, 4.69) is 43.1 Å². The number of amides is 1. The number of carbonyl (C=O) groups excluding carboxylic acids is 1. The van der Waals surface area contributed by atoms with Crippen LogP contribution in [0.3, 0.4) is 0 Å². The van der Waals surface area contributed by atoms with Crippen molar-refractivity contribution < 1.29 is 15.0 Å². The standard InChI is InChI=1S/C28H35NO3/c1-17-9-8-12-22-26(31)20(4)19(3)25-23(16-21-10-6-5-7-11-21)29-27(32)28(22,25)24(30)14-13-18(2)15-17/h5-8,10-15,17,19,22-26,30-31H,4,9,16H2,1-3H3,(H,29,32)/b12-8-,14-13-,18-15-/t17-,19+,22-,23-,24+,25-,26+,28+/m0/s1. The Morgan fingerprint density at radius 1 is 1.16 bits per heavy atom. The molecule has 3 N–H and O–H groups in total. The van der Waals surface area contributed by atoms with Gasteiger partial charge in [0.15, 0.2) is 0 Å². The number of rotatable bonds is 2. The van der Waals surface area contributed by atoms with Gasteiger partial charge in [-0.3, -0.25) is 4.79 Å². The number of carbonyl (C=O) groups is 1. The lowest BCUT2D eigenvalue weighted by molar-refractivity contribution is -0.147. The summed E-state index contributed by atoms with van der Waals surface area (Å²) in [4.78, 5) is 13.8. The van der Waals surface area contributed by atoms with Gasteiger partial charge in [0, 0.05) is 17.9 Å². The summed E-state index contributed by atoms with van der Waals surface area (Å²) in [5, 5.41) is 26.1. The van der Waals surface area contributed by atoms with Crippen LogP contribution in [0.4, 0.5) is 0 Å². The van der Waals surface area contributed by atoms with Gasteiger partial charge in [-0.25, -0.2) is 0 Å². The van der Waals surface area contributed by atoms with Gasteiger partial charge in [-0.2, -0.15) is 0 Å². The normalized spacial score (nSPS) is 43.2. The molecule has 1 amide bonds. The van der Waals surface area contributed by atoms with E-state index in [1.54, 1.807) is 6.08 Å². The highest BCUT2D eigenvalue weighted by Crippen LogP contribution is 2.57. The van der Waals surface area contributed by atoms with Crippen molar-refractivity contribution in [2.45, 2.75) is 51.9 Å². The molecule has 0 bridgehead atoms. The summed E-state index contributed by atoms with van der Waals surface area (Å²) >= 11 is 0. The average Bonchev–Trinajstić information content (AvgIpc) is 3.04. The van der Waals surface area contributed by atoms with Crippen LogP contribution in [0.1, 0.15) is 32.8 Å². The smallest absolute Gasteiger partial charge is 0.230 e. The molecule has 8 atom stereocenters. The summed E-state index contributed by atoms with van der Waals surface area (Å²) in [5.74, 6) is -0.706. The van der Waals surface area contributed by atoms with E-state index in [9.17, 15) is 15.0 Å². The molecule has 0 unspecified atom stereocenters. The molecular formula is C28H35NO3. The molecule has 1 aromatic rings. The van der Waals surface area contributed by atoms with E-state index in [1.807, 2.05) is 44.2 Å². The first-order chi connectivity index (χ1) is 15.3. The molecule has 4 nitrogen and oxygen atoms in total. The second kappa shape index (κ2) is 8.84. The third-order valence-corrected chi connectivity index (χ3v) is 7.82. The molecule has 0 aromatic heterocycles. The Morgan fingerprint density at radius 3 is 2.59 bits per heavy atom. The van der Waals surface area contributed by atoms with E-state index in [4.69, 9.17) is 0 Å². The van der Waals surface area contributed by atoms with Crippen molar-refractivity contribution in [3.8, 4) is 0 Å². The summed E-state index contributed by atoms with van der Waals surface area (Å²) < 4.78 is 0. The third-order valence-electron chi connectivity index (χ3n) is 7.82. The maximum Gasteiger partial charge on any atom is 0.230 e. The largest absolute Gasteiger partial charge is 0.388 e. The number of aliphatic hydroxyl groups is 2. The van der Waals surface area contributed by atoms with Gasteiger partial charge in [-0.05, 0) is 42.7 Å². The molecule has 1 aliphatic heterocycles. The summed E-state index contributed by atoms with van der Waals surface area (Å²) in [6, 6.07) is 9.96. The fourth-order valence-electron chi connectivity index (χ4n) is 6.25. The second-order valence-electron chi connectivity index (χ2n) is 9.92. The molecule has 1 aromatic carbocycles. The Morgan fingerprint density at radius 2 is 1.88 bits per heavy atom. The lowest BCUT2D eigenvalue weighted by Crippen LogP contribution is -2.59. The van der Waals surface area contributed by atoms with E-state index in [0.717, 1.165) is 23.1 Å². The van der Waals surface area contributed by atoms with Crippen molar-refractivity contribution >= 4 is 5.91 Å². The quantitative estimate of drug-likeness (QED) is 0.618. The summed E-state index contributed by atoms with van der Waals surface area (Å²) in [7, 11) is 0. The number of hydrogen-bond donors (Lipinski definition) is 3. The maximum atomic E-state index is 13.8.